The van der Waals surface area contributed by atoms with Crippen LogP contribution < -0.4 is 0 Å². The molecule has 0 spiro atoms. The second-order valence-corrected chi connectivity index (χ2v) is 1.83. The van der Waals surface area contributed by atoms with Gasteiger partial charge >= 0.3 is 5.97 Å². The number of aliphatic carboxylic acids is 1. The Kier molecular flexibility index (Phi) is 3.51. The van der Waals surface area contributed by atoms with Crippen LogP contribution in [0.4, 0.5) is 0 Å². The average molecular weight is 130 g/mol. The van der Waals surface area contributed by atoms with E-state index in [0.29, 0.717) is 0 Å². The van der Waals surface area contributed by atoms with Gasteiger partial charge in [0.25, 0.3) is 0 Å². The fourth-order valence-corrected chi connectivity index (χ4v) is 0.255. The lowest BCUT2D eigenvalue weighted by Crippen LogP contribution is -1.96. The number of carbonyl (C=O) groups is 1. The van der Waals surface area contributed by atoms with Crippen LogP contribution in [0.15, 0.2) is 12.3 Å². The summed E-state index contributed by atoms with van der Waals surface area (Å²) in [4.78, 5) is 9.81. The molecule has 0 heterocycles. The van der Waals surface area contributed by atoms with Gasteiger partial charge in [-0.15, -0.1) is 0 Å². The van der Waals surface area contributed by atoms with Crippen molar-refractivity contribution in [2.45, 2.75) is 20.0 Å². The van der Waals surface area contributed by atoms with Crippen LogP contribution >= 0.6 is 0 Å². The van der Waals surface area contributed by atoms with Crippen molar-refractivity contribution in [3.8, 4) is 0 Å². The van der Waals surface area contributed by atoms with Gasteiger partial charge in [-0.1, -0.05) is 0 Å². The molecule has 0 amide bonds. The molecule has 0 aromatic carbocycles. The maximum atomic E-state index is 9.81. The molecule has 0 aromatic heterocycles. The lowest BCUT2D eigenvalue weighted by atomic mass is 10.5. The monoisotopic (exact) mass is 130 g/mol. The van der Waals surface area contributed by atoms with Crippen LogP contribution in [-0.4, -0.2) is 17.2 Å². The normalized spacial score (nSPS) is 10.6. The summed E-state index contributed by atoms with van der Waals surface area (Å²) < 4.78 is 4.79. The molecule has 1 N–H and O–H groups in total. The number of hydrogen-bond acceptors (Lipinski definition) is 2. The summed E-state index contributed by atoms with van der Waals surface area (Å²) >= 11 is 0. The molecule has 0 fully saturated rings. The molecule has 0 aliphatic rings. The highest BCUT2D eigenvalue weighted by molar-refractivity contribution is 5.79. The zero-order valence-corrected chi connectivity index (χ0v) is 5.50. The standard InChI is InChI=1S/C6H10O3/c1-5(2)9-4-3-6(7)8/h3-5H,1-2H3,(H,7,8). The average Bonchev–Trinajstić information content (AvgIpc) is 1.63. The van der Waals surface area contributed by atoms with Crippen LogP contribution in [0.5, 0.6) is 0 Å². The molecule has 0 bridgehead atoms. The zero-order chi connectivity index (χ0) is 7.28. The highest BCUT2D eigenvalue weighted by Crippen LogP contribution is 1.87. The van der Waals surface area contributed by atoms with Gasteiger partial charge in [0.05, 0.1) is 18.4 Å². The van der Waals surface area contributed by atoms with Crippen molar-refractivity contribution in [1.82, 2.24) is 0 Å². The molecule has 3 nitrogen and oxygen atoms in total. The third-order valence-corrected chi connectivity index (χ3v) is 0.561. The summed E-state index contributed by atoms with van der Waals surface area (Å²) in [6, 6.07) is 0. The third kappa shape index (κ3) is 7.01. The Morgan fingerprint density at radius 1 is 1.67 bits per heavy atom. The second-order valence-electron chi connectivity index (χ2n) is 1.83. The summed E-state index contributed by atoms with van der Waals surface area (Å²) in [5, 5.41) is 8.06. The largest absolute Gasteiger partial charge is 0.498 e. The quantitative estimate of drug-likeness (QED) is 0.458. The van der Waals surface area contributed by atoms with E-state index in [0.717, 1.165) is 6.08 Å². The first-order valence-electron chi connectivity index (χ1n) is 2.68. The first-order chi connectivity index (χ1) is 4.13. The topological polar surface area (TPSA) is 46.5 Å². The lowest BCUT2D eigenvalue weighted by Gasteiger charge is -2.00. The van der Waals surface area contributed by atoms with Gasteiger partial charge in [-0.05, 0) is 13.8 Å². The molecular formula is C6H10O3. The molecule has 3 heteroatoms. The molecule has 0 aliphatic heterocycles. The number of carboxylic acid groups (broad SMARTS) is 1. The number of carboxylic acids is 1. The highest BCUT2D eigenvalue weighted by Gasteiger charge is 1.87. The van der Waals surface area contributed by atoms with Gasteiger partial charge in [0.2, 0.25) is 0 Å². The van der Waals surface area contributed by atoms with Gasteiger partial charge in [-0.2, -0.15) is 0 Å². The lowest BCUT2D eigenvalue weighted by molar-refractivity contribution is -0.131. The predicted octanol–water partition coefficient (Wildman–Crippen LogP) is 1.01. The van der Waals surface area contributed by atoms with Gasteiger partial charge in [0, 0.05) is 0 Å². The number of ether oxygens (including phenoxy) is 1. The van der Waals surface area contributed by atoms with E-state index in [9.17, 15) is 4.79 Å². The highest BCUT2D eigenvalue weighted by atomic mass is 16.5. The van der Waals surface area contributed by atoms with E-state index in [4.69, 9.17) is 9.84 Å². The number of hydrogen-bond donors (Lipinski definition) is 1. The summed E-state index contributed by atoms with van der Waals surface area (Å²) in [6.45, 7) is 3.65. The second kappa shape index (κ2) is 3.95. The summed E-state index contributed by atoms with van der Waals surface area (Å²) in [5.74, 6) is -0.990. The van der Waals surface area contributed by atoms with Gasteiger partial charge in [0.15, 0.2) is 0 Å². The predicted molar refractivity (Wildman–Crippen MR) is 33.0 cm³/mol. The fourth-order valence-electron chi connectivity index (χ4n) is 0.255. The van der Waals surface area contributed by atoms with E-state index >= 15 is 0 Å². The summed E-state index contributed by atoms with van der Waals surface area (Å²) in [5.41, 5.74) is 0. The van der Waals surface area contributed by atoms with E-state index < -0.39 is 5.97 Å². The minimum absolute atomic E-state index is 0.0422. The molecule has 0 atom stereocenters. The van der Waals surface area contributed by atoms with Crippen LogP contribution in [0.3, 0.4) is 0 Å². The molecule has 0 saturated carbocycles. The van der Waals surface area contributed by atoms with Crippen molar-refractivity contribution in [3.63, 3.8) is 0 Å². The minimum Gasteiger partial charge on any atom is -0.498 e. The van der Waals surface area contributed by atoms with Crippen molar-refractivity contribution in [3.05, 3.63) is 12.3 Å². The van der Waals surface area contributed by atoms with Crippen LogP contribution in [0.25, 0.3) is 0 Å². The zero-order valence-electron chi connectivity index (χ0n) is 5.50. The molecule has 0 unspecified atom stereocenters. The van der Waals surface area contributed by atoms with E-state index in [1.54, 1.807) is 0 Å². The molecule has 9 heavy (non-hydrogen) atoms. The van der Waals surface area contributed by atoms with Gasteiger partial charge in [-0.3, -0.25) is 0 Å². The summed E-state index contributed by atoms with van der Waals surface area (Å²) in [6.07, 6.45) is 2.17. The van der Waals surface area contributed by atoms with Crippen LogP contribution in [-0.2, 0) is 9.53 Å². The maximum absolute atomic E-state index is 9.81. The molecule has 0 rings (SSSR count). The molecule has 0 aliphatic carbocycles. The Morgan fingerprint density at radius 2 is 2.22 bits per heavy atom. The maximum Gasteiger partial charge on any atom is 0.331 e. The Morgan fingerprint density at radius 3 is 2.56 bits per heavy atom. The van der Waals surface area contributed by atoms with Crippen molar-refractivity contribution in [2.75, 3.05) is 0 Å². The van der Waals surface area contributed by atoms with Gasteiger partial charge < -0.3 is 9.84 Å². The summed E-state index contributed by atoms with van der Waals surface area (Å²) in [7, 11) is 0. The Hall–Kier alpha value is -0.990. The van der Waals surface area contributed by atoms with Crippen molar-refractivity contribution in [2.24, 2.45) is 0 Å². The van der Waals surface area contributed by atoms with E-state index in [2.05, 4.69) is 0 Å². The Labute approximate surface area is 53.9 Å². The van der Waals surface area contributed by atoms with Gasteiger partial charge in [0.1, 0.15) is 0 Å². The SMILES string of the molecule is CC(C)OC=CC(=O)O. The Balaban J connectivity index is 3.36. The number of rotatable bonds is 3. The Bertz CT molecular complexity index is 115. The minimum atomic E-state index is -0.990. The third-order valence-electron chi connectivity index (χ3n) is 0.561. The van der Waals surface area contributed by atoms with Crippen molar-refractivity contribution < 1.29 is 14.6 Å². The van der Waals surface area contributed by atoms with E-state index in [1.165, 1.54) is 6.26 Å². The first kappa shape index (κ1) is 8.01. The fraction of sp³-hybridized carbons (Fsp3) is 0.500. The van der Waals surface area contributed by atoms with Crippen molar-refractivity contribution in [1.29, 1.82) is 0 Å². The van der Waals surface area contributed by atoms with Crippen LogP contribution in [0.1, 0.15) is 13.8 Å². The van der Waals surface area contributed by atoms with Crippen LogP contribution in [0.2, 0.25) is 0 Å². The van der Waals surface area contributed by atoms with Crippen LogP contribution in [0, 0.1) is 0 Å². The molecule has 0 radical (unpaired) electrons. The molecule has 0 aromatic rings. The molecule has 0 saturated heterocycles. The molecule has 52 valence electrons. The van der Waals surface area contributed by atoms with E-state index in [-0.39, 0.29) is 6.10 Å². The molecular weight excluding hydrogens is 120 g/mol. The van der Waals surface area contributed by atoms with Gasteiger partial charge in [-0.25, -0.2) is 4.79 Å². The first-order valence-corrected chi connectivity index (χ1v) is 2.68. The van der Waals surface area contributed by atoms with Crippen molar-refractivity contribution >= 4 is 5.97 Å². The smallest absolute Gasteiger partial charge is 0.331 e. The van der Waals surface area contributed by atoms with E-state index in [1.807, 2.05) is 13.8 Å².